The van der Waals surface area contributed by atoms with Crippen molar-refractivity contribution in [3.63, 3.8) is 0 Å². The van der Waals surface area contributed by atoms with Crippen LogP contribution in [0.3, 0.4) is 0 Å². The Hall–Kier alpha value is -2.47. The largest absolute Gasteiger partial charge is 0.322 e. The molecule has 0 aliphatic carbocycles. The first-order valence-electron chi connectivity index (χ1n) is 6.51. The smallest absolute Gasteiger partial charge is 0.261 e. The highest BCUT2D eigenvalue weighted by Crippen LogP contribution is 2.25. The number of carbonyl (C=O) groups is 3. The molecule has 0 unspecified atom stereocenters. The van der Waals surface area contributed by atoms with E-state index in [1.165, 1.54) is 13.1 Å². The molecule has 0 spiro atoms. The van der Waals surface area contributed by atoms with Crippen LogP contribution >= 0.6 is 15.9 Å². The molecule has 0 saturated heterocycles. The quantitative estimate of drug-likeness (QED) is 0.839. The minimum atomic E-state index is -0.361. The first kappa shape index (κ1) is 14.5. The monoisotopic (exact) mass is 358 g/mol. The summed E-state index contributed by atoms with van der Waals surface area (Å²) in [4.78, 5) is 37.0. The van der Waals surface area contributed by atoms with Gasteiger partial charge in [0.15, 0.2) is 0 Å². The number of hydrogen-bond acceptors (Lipinski definition) is 3. The number of imide groups is 1. The molecule has 2 aromatic carbocycles. The summed E-state index contributed by atoms with van der Waals surface area (Å²) in [5.74, 6) is -0.969. The van der Waals surface area contributed by atoms with E-state index in [2.05, 4.69) is 21.2 Å². The number of nitrogens with one attached hydrogen (secondary N) is 1. The van der Waals surface area contributed by atoms with Gasteiger partial charge < -0.3 is 5.32 Å². The van der Waals surface area contributed by atoms with Crippen molar-refractivity contribution < 1.29 is 14.4 Å². The van der Waals surface area contributed by atoms with Crippen molar-refractivity contribution in [1.29, 1.82) is 0 Å². The molecule has 5 nitrogen and oxygen atoms in total. The Morgan fingerprint density at radius 2 is 1.64 bits per heavy atom. The molecule has 3 amide bonds. The van der Waals surface area contributed by atoms with Crippen LogP contribution in [0.5, 0.6) is 0 Å². The number of anilines is 1. The lowest BCUT2D eigenvalue weighted by molar-refractivity contribution is 0.0692. The van der Waals surface area contributed by atoms with Gasteiger partial charge in [-0.25, -0.2) is 0 Å². The number of rotatable bonds is 2. The van der Waals surface area contributed by atoms with Crippen molar-refractivity contribution in [2.75, 3.05) is 12.4 Å². The van der Waals surface area contributed by atoms with E-state index in [0.29, 0.717) is 22.4 Å². The molecule has 6 heteroatoms. The van der Waals surface area contributed by atoms with Crippen LogP contribution in [0.25, 0.3) is 0 Å². The van der Waals surface area contributed by atoms with Crippen molar-refractivity contribution in [2.24, 2.45) is 0 Å². The normalized spacial score (nSPS) is 13.3. The number of fused-ring (bicyclic) bond motifs is 1. The van der Waals surface area contributed by atoms with Gasteiger partial charge in [0.05, 0.1) is 11.1 Å². The second kappa shape index (κ2) is 5.38. The number of hydrogen-bond donors (Lipinski definition) is 1. The Balaban J connectivity index is 1.86. The van der Waals surface area contributed by atoms with Gasteiger partial charge >= 0.3 is 0 Å². The Morgan fingerprint density at radius 1 is 1.00 bits per heavy atom. The summed E-state index contributed by atoms with van der Waals surface area (Å²) in [6.07, 6.45) is 0. The maximum absolute atomic E-state index is 12.1. The summed E-state index contributed by atoms with van der Waals surface area (Å²) >= 11 is 3.31. The molecule has 2 aromatic rings. The molecule has 0 saturated carbocycles. The number of carbonyl (C=O) groups excluding carboxylic acids is 3. The zero-order valence-electron chi connectivity index (χ0n) is 11.6. The average molecular weight is 359 g/mol. The van der Waals surface area contributed by atoms with Crippen LogP contribution in [-0.2, 0) is 0 Å². The summed E-state index contributed by atoms with van der Waals surface area (Å²) in [6, 6.07) is 11.6. The van der Waals surface area contributed by atoms with Gasteiger partial charge in [-0.2, -0.15) is 0 Å². The van der Waals surface area contributed by atoms with Crippen LogP contribution in [-0.4, -0.2) is 29.7 Å². The zero-order valence-corrected chi connectivity index (χ0v) is 13.2. The van der Waals surface area contributed by atoms with Crippen LogP contribution in [0.4, 0.5) is 5.69 Å². The van der Waals surface area contributed by atoms with Crippen LogP contribution in [0.2, 0.25) is 0 Å². The van der Waals surface area contributed by atoms with Gasteiger partial charge in [-0.3, -0.25) is 19.3 Å². The second-order valence-corrected chi connectivity index (χ2v) is 5.81. The molecule has 110 valence electrons. The molecule has 0 radical (unpaired) electrons. The predicted octanol–water partition coefficient (Wildman–Crippen LogP) is 2.93. The van der Waals surface area contributed by atoms with Crippen LogP contribution in [0, 0.1) is 0 Å². The van der Waals surface area contributed by atoms with E-state index in [1.807, 2.05) is 0 Å². The van der Waals surface area contributed by atoms with E-state index in [9.17, 15) is 14.4 Å². The van der Waals surface area contributed by atoms with Gasteiger partial charge in [0, 0.05) is 22.8 Å². The predicted molar refractivity (Wildman–Crippen MR) is 85.0 cm³/mol. The lowest BCUT2D eigenvalue weighted by atomic mass is 10.1. The van der Waals surface area contributed by atoms with Crippen molar-refractivity contribution in [3.8, 4) is 0 Å². The molecule has 1 heterocycles. The minimum Gasteiger partial charge on any atom is -0.322 e. The van der Waals surface area contributed by atoms with E-state index in [1.54, 1.807) is 36.4 Å². The molecule has 0 aromatic heterocycles. The summed E-state index contributed by atoms with van der Waals surface area (Å²) < 4.78 is 0.883. The highest BCUT2D eigenvalue weighted by molar-refractivity contribution is 9.10. The van der Waals surface area contributed by atoms with E-state index < -0.39 is 0 Å². The van der Waals surface area contributed by atoms with Crippen LogP contribution < -0.4 is 5.32 Å². The average Bonchev–Trinajstić information content (AvgIpc) is 2.72. The van der Waals surface area contributed by atoms with Gasteiger partial charge in [0.1, 0.15) is 0 Å². The summed E-state index contributed by atoms with van der Waals surface area (Å²) in [5.41, 5.74) is 1.64. The van der Waals surface area contributed by atoms with Crippen molar-refractivity contribution in [3.05, 3.63) is 63.6 Å². The summed E-state index contributed by atoms with van der Waals surface area (Å²) in [7, 11) is 1.44. The van der Waals surface area contributed by atoms with Gasteiger partial charge in [-0.05, 0) is 42.5 Å². The Bertz CT molecular complexity index is 800. The minimum absolute atomic E-state index is 0.280. The lowest BCUT2D eigenvalue weighted by Gasteiger charge is -2.06. The van der Waals surface area contributed by atoms with E-state index in [-0.39, 0.29) is 17.7 Å². The first-order valence-corrected chi connectivity index (χ1v) is 7.30. The molecule has 0 bridgehead atoms. The van der Waals surface area contributed by atoms with E-state index in [0.717, 1.165) is 9.37 Å². The third kappa shape index (κ3) is 2.42. The Kier molecular flexibility index (Phi) is 3.54. The van der Waals surface area contributed by atoms with Gasteiger partial charge in [0.2, 0.25) is 0 Å². The molecule has 1 aliphatic rings. The molecule has 1 N–H and O–H groups in total. The van der Waals surface area contributed by atoms with Gasteiger partial charge in [-0.15, -0.1) is 0 Å². The summed E-state index contributed by atoms with van der Waals surface area (Å²) in [6.45, 7) is 0. The third-order valence-electron chi connectivity index (χ3n) is 3.45. The maximum Gasteiger partial charge on any atom is 0.261 e. The number of benzene rings is 2. The fourth-order valence-corrected chi connectivity index (χ4v) is 2.51. The van der Waals surface area contributed by atoms with Crippen molar-refractivity contribution >= 4 is 39.3 Å². The van der Waals surface area contributed by atoms with E-state index >= 15 is 0 Å². The summed E-state index contributed by atoms with van der Waals surface area (Å²) in [5, 5.41) is 2.72. The first-order chi connectivity index (χ1) is 10.5. The number of nitrogens with zero attached hydrogens (tertiary/aromatic N) is 1. The molecule has 22 heavy (non-hydrogen) atoms. The van der Waals surface area contributed by atoms with Gasteiger partial charge in [0.25, 0.3) is 17.7 Å². The van der Waals surface area contributed by atoms with Crippen LogP contribution in [0.15, 0.2) is 46.9 Å². The molecule has 0 atom stereocenters. The molecular weight excluding hydrogens is 348 g/mol. The highest BCUT2D eigenvalue weighted by Gasteiger charge is 2.32. The fourth-order valence-electron chi connectivity index (χ4n) is 2.24. The zero-order chi connectivity index (χ0) is 15.9. The van der Waals surface area contributed by atoms with Crippen molar-refractivity contribution in [2.45, 2.75) is 0 Å². The van der Waals surface area contributed by atoms with Gasteiger partial charge in [-0.1, -0.05) is 15.9 Å². The van der Waals surface area contributed by atoms with Crippen molar-refractivity contribution in [1.82, 2.24) is 4.90 Å². The topological polar surface area (TPSA) is 66.5 Å². The number of halogens is 1. The standard InChI is InChI=1S/C16H11BrN2O3/c1-19-15(21)12-7-6-11(8-13(12)16(19)22)18-14(20)9-2-4-10(17)5-3-9/h2-8H,1H3,(H,18,20). The molecule has 3 rings (SSSR count). The Labute approximate surface area is 135 Å². The fraction of sp³-hybridized carbons (Fsp3) is 0.0625. The van der Waals surface area contributed by atoms with Crippen LogP contribution in [0.1, 0.15) is 31.1 Å². The molecular formula is C16H11BrN2O3. The highest BCUT2D eigenvalue weighted by atomic mass is 79.9. The maximum atomic E-state index is 12.1. The van der Waals surface area contributed by atoms with E-state index in [4.69, 9.17) is 0 Å². The SMILES string of the molecule is CN1C(=O)c2ccc(NC(=O)c3ccc(Br)cc3)cc2C1=O. The number of amides is 3. The molecule has 0 fully saturated rings. The lowest BCUT2D eigenvalue weighted by Crippen LogP contribution is -2.24. The second-order valence-electron chi connectivity index (χ2n) is 4.89. The third-order valence-corrected chi connectivity index (χ3v) is 3.98. The Morgan fingerprint density at radius 3 is 2.32 bits per heavy atom. The molecule has 1 aliphatic heterocycles.